The Balaban J connectivity index is 0.777. The monoisotopic (exact) mass is 990 g/mol. The molecule has 3 fully saturated rings. The number of likely N-dealkylation sites (tertiary alicyclic amines) is 1. The summed E-state index contributed by atoms with van der Waals surface area (Å²) in [4.78, 5) is 86.1. The van der Waals surface area contributed by atoms with E-state index in [4.69, 9.17) is 9.97 Å². The molecule has 5 aromatic rings. The van der Waals surface area contributed by atoms with Crippen LogP contribution in [0.3, 0.4) is 0 Å². The smallest absolute Gasteiger partial charge is 0.262 e. The van der Waals surface area contributed by atoms with E-state index < -0.39 is 45.5 Å². The lowest BCUT2D eigenvalue weighted by atomic mass is 9.89. The number of sulfonamides is 1. The Morgan fingerprint density at radius 1 is 0.871 bits per heavy atom. The lowest BCUT2D eigenvalue weighted by molar-refractivity contribution is -0.136. The minimum atomic E-state index is -3.73. The van der Waals surface area contributed by atoms with Crippen LogP contribution in [-0.2, 0) is 29.8 Å². The van der Waals surface area contributed by atoms with Gasteiger partial charge in [-0.15, -0.1) is 11.3 Å². The molecule has 70 heavy (non-hydrogen) atoms. The molecule has 0 radical (unpaired) electrons. The van der Waals surface area contributed by atoms with Gasteiger partial charge in [0.05, 0.1) is 50.4 Å². The van der Waals surface area contributed by atoms with E-state index in [1.54, 1.807) is 43.5 Å². The van der Waals surface area contributed by atoms with Gasteiger partial charge in [-0.1, -0.05) is 45.9 Å². The number of nitrogens with one attached hydrogen (secondary N) is 3. The van der Waals surface area contributed by atoms with E-state index in [0.29, 0.717) is 74.4 Å². The second kappa shape index (κ2) is 19.6. The van der Waals surface area contributed by atoms with Crippen molar-refractivity contribution in [1.29, 1.82) is 0 Å². The van der Waals surface area contributed by atoms with Crippen molar-refractivity contribution in [3.05, 3.63) is 100 Å². The molecule has 4 aliphatic rings. The molecule has 0 bridgehead atoms. The largest absolute Gasteiger partial charge is 0.369 e. The number of anilines is 4. The van der Waals surface area contributed by atoms with E-state index in [-0.39, 0.29) is 58.2 Å². The summed E-state index contributed by atoms with van der Waals surface area (Å²) >= 11 is 1.40. The number of thiazole rings is 1. The van der Waals surface area contributed by atoms with Crippen LogP contribution in [0.1, 0.15) is 97.0 Å². The Bertz CT molecular complexity index is 2980. The van der Waals surface area contributed by atoms with E-state index >= 15 is 4.39 Å². The molecule has 5 amide bonds. The van der Waals surface area contributed by atoms with Crippen LogP contribution < -0.4 is 20.3 Å². The summed E-state index contributed by atoms with van der Waals surface area (Å²) in [7, 11) is -3.73. The van der Waals surface area contributed by atoms with Crippen molar-refractivity contribution in [3.63, 3.8) is 0 Å². The first-order valence-corrected chi connectivity index (χ1v) is 26.0. The number of halogens is 1. The number of piperidine rings is 2. The van der Waals surface area contributed by atoms with E-state index in [0.717, 1.165) is 34.1 Å². The van der Waals surface area contributed by atoms with Crippen LogP contribution >= 0.6 is 11.3 Å². The molecule has 4 aliphatic heterocycles. The number of piperazine rings is 1. The predicted octanol–water partition coefficient (Wildman–Crippen LogP) is 6.53. The number of hydrogen-bond acceptors (Lipinski definition) is 14. The number of carbonyl (C=O) groups excluding carboxylic acids is 5. The van der Waals surface area contributed by atoms with Gasteiger partial charge in [0.1, 0.15) is 6.04 Å². The van der Waals surface area contributed by atoms with Crippen molar-refractivity contribution in [2.45, 2.75) is 77.2 Å². The summed E-state index contributed by atoms with van der Waals surface area (Å²) in [5.74, 6) is -2.25. The highest BCUT2D eigenvalue weighted by molar-refractivity contribution is 7.92. The standard InChI is InChI=1S/C50H55FN10O7S2/c1-5-27-70(67,68)57-37-8-6-7-35(42(37)51)43-44(69-48(56-43)50(2,3)4)38-17-20-52-49(54-38)53-32-11-9-30(10-12-32)31-18-21-60(22-19-31)41(63)29-58-23-25-59(26-24-58)33-13-14-34-36(28-33)47(66)61(46(34)65)39-15-16-40(62)55-45(39)64/h6-14,17,20,28,31,39,57H,5,15-16,18-19,21-27,29H2,1-4H3,(H,52,53,54)(H,55,62,64)/t39-/m1/s1. The van der Waals surface area contributed by atoms with Gasteiger partial charge in [-0.2, -0.15) is 0 Å². The fraction of sp³-hybridized carbons (Fsp3) is 0.400. The minimum Gasteiger partial charge on any atom is -0.369 e. The molecule has 17 nitrogen and oxygen atoms in total. The van der Waals surface area contributed by atoms with Crippen molar-refractivity contribution < 1.29 is 36.8 Å². The van der Waals surface area contributed by atoms with Gasteiger partial charge in [-0.3, -0.25) is 43.8 Å². The van der Waals surface area contributed by atoms with Crippen molar-refractivity contribution >= 4 is 73.9 Å². The molecule has 0 saturated carbocycles. The molecule has 3 aromatic carbocycles. The van der Waals surface area contributed by atoms with Gasteiger partial charge in [0, 0.05) is 74.2 Å². The molecule has 0 unspecified atom stereocenters. The van der Waals surface area contributed by atoms with Gasteiger partial charge < -0.3 is 15.1 Å². The molecule has 9 rings (SSSR count). The normalized spacial score (nSPS) is 18.3. The average molecular weight is 991 g/mol. The zero-order chi connectivity index (χ0) is 49.5. The minimum absolute atomic E-state index is 0.0598. The summed E-state index contributed by atoms with van der Waals surface area (Å²) in [6, 6.07) is 18.6. The lowest BCUT2D eigenvalue weighted by Gasteiger charge is -2.38. The molecule has 366 valence electrons. The van der Waals surface area contributed by atoms with Crippen molar-refractivity contribution in [3.8, 4) is 21.8 Å². The summed E-state index contributed by atoms with van der Waals surface area (Å²) in [6.45, 7) is 12.0. The molecule has 0 aliphatic carbocycles. The fourth-order valence-corrected chi connectivity index (χ4v) is 11.6. The number of hydrogen-bond donors (Lipinski definition) is 3. The Morgan fingerprint density at radius 3 is 2.30 bits per heavy atom. The summed E-state index contributed by atoms with van der Waals surface area (Å²) in [5.41, 5.74) is 3.79. The zero-order valence-corrected chi connectivity index (χ0v) is 41.1. The maximum atomic E-state index is 16.1. The summed E-state index contributed by atoms with van der Waals surface area (Å²) in [6.07, 6.45) is 3.85. The number of aromatic nitrogens is 3. The van der Waals surface area contributed by atoms with Gasteiger partial charge in [-0.25, -0.2) is 27.8 Å². The number of rotatable bonds is 13. The number of benzene rings is 3. The molecule has 6 heterocycles. The maximum absolute atomic E-state index is 16.1. The number of imide groups is 2. The van der Waals surface area contributed by atoms with Gasteiger partial charge in [0.25, 0.3) is 11.8 Å². The van der Waals surface area contributed by atoms with Gasteiger partial charge >= 0.3 is 0 Å². The first-order chi connectivity index (χ1) is 33.5. The molecule has 0 spiro atoms. The van der Waals surface area contributed by atoms with Crippen LogP contribution in [0, 0.1) is 5.82 Å². The first kappa shape index (κ1) is 48.4. The highest BCUT2D eigenvalue weighted by Gasteiger charge is 2.45. The van der Waals surface area contributed by atoms with Crippen LogP contribution in [0.2, 0.25) is 0 Å². The SMILES string of the molecule is CCCS(=O)(=O)Nc1cccc(-c2nc(C(C)(C)C)sc2-c2ccnc(Nc3ccc(C4CCN(C(=O)CN5CCN(c6ccc7c(c6)C(=O)N([C@@H]6CCC(=O)NC6=O)C7=O)CC5)CC4)cc3)n2)c1F. The molecule has 2 aromatic heterocycles. The highest BCUT2D eigenvalue weighted by atomic mass is 32.2. The van der Waals surface area contributed by atoms with Crippen LogP contribution in [0.5, 0.6) is 0 Å². The zero-order valence-electron chi connectivity index (χ0n) is 39.5. The molecular weight excluding hydrogens is 936 g/mol. The lowest BCUT2D eigenvalue weighted by Crippen LogP contribution is -2.54. The van der Waals surface area contributed by atoms with Crippen LogP contribution in [0.4, 0.5) is 27.4 Å². The Hall–Kier alpha value is -6.64. The van der Waals surface area contributed by atoms with Gasteiger partial charge in [0.2, 0.25) is 33.7 Å². The van der Waals surface area contributed by atoms with Crippen molar-refractivity contribution in [2.24, 2.45) is 0 Å². The predicted molar refractivity (Wildman–Crippen MR) is 265 cm³/mol. The van der Waals surface area contributed by atoms with Crippen LogP contribution in [0.15, 0.2) is 72.9 Å². The molecule has 1 atom stereocenters. The van der Waals surface area contributed by atoms with E-state index in [9.17, 15) is 32.4 Å². The molecule has 3 saturated heterocycles. The second-order valence-corrected chi connectivity index (χ2v) is 22.0. The van der Waals surface area contributed by atoms with E-state index in [1.165, 1.54) is 23.0 Å². The Kier molecular flexibility index (Phi) is 13.6. The molecule has 20 heteroatoms. The van der Waals surface area contributed by atoms with Crippen LogP contribution in [0.25, 0.3) is 21.8 Å². The second-order valence-electron chi connectivity index (χ2n) is 19.1. The third-order valence-corrected chi connectivity index (χ3v) is 16.1. The van der Waals surface area contributed by atoms with Crippen molar-refractivity contribution in [2.75, 3.05) is 66.5 Å². The van der Waals surface area contributed by atoms with E-state index in [1.807, 2.05) is 43.9 Å². The third kappa shape index (κ3) is 10.2. The molecule has 3 N–H and O–H groups in total. The summed E-state index contributed by atoms with van der Waals surface area (Å²) < 4.78 is 43.6. The first-order valence-electron chi connectivity index (χ1n) is 23.6. The average Bonchev–Trinajstić information content (AvgIpc) is 3.89. The number of carbonyl (C=O) groups is 5. The topological polar surface area (TPSA) is 207 Å². The number of nitrogens with zero attached hydrogens (tertiary/aromatic N) is 7. The van der Waals surface area contributed by atoms with Crippen molar-refractivity contribution in [1.82, 2.24) is 35.0 Å². The quantitative estimate of drug-likeness (QED) is 0.108. The number of amides is 5. The third-order valence-electron chi connectivity index (χ3n) is 13.2. The number of fused-ring (bicyclic) bond motifs is 1. The van der Waals surface area contributed by atoms with Crippen LogP contribution in [-0.4, -0.2) is 125 Å². The van der Waals surface area contributed by atoms with Gasteiger partial charge in [0.15, 0.2) is 5.82 Å². The summed E-state index contributed by atoms with van der Waals surface area (Å²) in [5, 5.41) is 6.29. The highest BCUT2D eigenvalue weighted by Crippen LogP contribution is 2.42. The Morgan fingerprint density at radius 2 is 1.60 bits per heavy atom. The Labute approximate surface area is 409 Å². The maximum Gasteiger partial charge on any atom is 0.262 e. The van der Waals surface area contributed by atoms with Gasteiger partial charge in [-0.05, 0) is 85.7 Å². The molecular formula is C50H55FN10O7S2. The fourth-order valence-electron chi connectivity index (χ4n) is 9.36. The van der Waals surface area contributed by atoms with E-state index in [2.05, 4.69) is 42.3 Å².